The highest BCUT2D eigenvalue weighted by molar-refractivity contribution is 7.21. The number of aryl methyl sites for hydroxylation is 1. The van der Waals surface area contributed by atoms with Crippen molar-refractivity contribution < 1.29 is 4.79 Å². The number of rotatable bonds is 2. The van der Waals surface area contributed by atoms with Gasteiger partial charge in [-0.3, -0.25) is 4.79 Å². The summed E-state index contributed by atoms with van der Waals surface area (Å²) in [5, 5.41) is 4.18. The van der Waals surface area contributed by atoms with Crippen LogP contribution < -0.4 is 11.1 Å². The molecule has 1 amide bonds. The van der Waals surface area contributed by atoms with Gasteiger partial charge >= 0.3 is 0 Å². The number of hydrogen-bond acceptors (Lipinski definition) is 3. The third-order valence-electron chi connectivity index (χ3n) is 4.28. The van der Waals surface area contributed by atoms with Gasteiger partial charge in [-0.1, -0.05) is 37.8 Å². The minimum atomic E-state index is -0.00162. The summed E-state index contributed by atoms with van der Waals surface area (Å²) >= 11 is 1.50. The normalized spacial score (nSPS) is 16.8. The largest absolute Gasteiger partial charge is 0.397 e. The van der Waals surface area contributed by atoms with Crippen molar-refractivity contribution in [1.29, 1.82) is 0 Å². The van der Waals surface area contributed by atoms with Crippen molar-refractivity contribution in [2.45, 2.75) is 51.5 Å². The van der Waals surface area contributed by atoms with Crippen LogP contribution in [0.1, 0.15) is 53.8 Å². The molecule has 0 radical (unpaired) electrons. The van der Waals surface area contributed by atoms with Crippen molar-refractivity contribution in [2.75, 3.05) is 5.73 Å². The molecule has 4 heteroatoms. The van der Waals surface area contributed by atoms with Crippen LogP contribution in [0.3, 0.4) is 0 Å². The van der Waals surface area contributed by atoms with Gasteiger partial charge in [-0.2, -0.15) is 0 Å². The Morgan fingerprint density at radius 2 is 1.95 bits per heavy atom. The number of amides is 1. The molecule has 21 heavy (non-hydrogen) atoms. The van der Waals surface area contributed by atoms with Crippen molar-refractivity contribution in [3.05, 3.63) is 28.6 Å². The number of carbonyl (C=O) groups excluding carboxylic acids is 1. The fourth-order valence-electron chi connectivity index (χ4n) is 3.07. The molecule has 0 unspecified atom stereocenters. The number of fused-ring (bicyclic) bond motifs is 1. The molecule has 1 aromatic carbocycles. The zero-order chi connectivity index (χ0) is 14.8. The topological polar surface area (TPSA) is 55.1 Å². The predicted octanol–water partition coefficient (Wildman–Crippen LogP) is 4.24. The maximum absolute atomic E-state index is 12.5. The number of nitrogen functional groups attached to an aromatic ring is 1. The van der Waals surface area contributed by atoms with E-state index in [1.807, 2.05) is 12.1 Å². The van der Waals surface area contributed by atoms with Crippen molar-refractivity contribution in [3.8, 4) is 0 Å². The van der Waals surface area contributed by atoms with E-state index < -0.39 is 0 Å². The molecule has 3 rings (SSSR count). The maximum atomic E-state index is 12.5. The number of carbonyl (C=O) groups is 1. The standard InChI is InChI=1S/C17H22N2OS/c1-11-8-9-13-14(10-11)21-16(15(13)18)17(20)19-12-6-4-2-3-5-7-12/h8-10,12H,2-7,18H2,1H3,(H,19,20). The molecular weight excluding hydrogens is 280 g/mol. The Balaban J connectivity index is 1.82. The van der Waals surface area contributed by atoms with Gasteiger partial charge in [0.2, 0.25) is 0 Å². The van der Waals surface area contributed by atoms with Gasteiger partial charge in [0.05, 0.1) is 5.69 Å². The van der Waals surface area contributed by atoms with Gasteiger partial charge in [-0.25, -0.2) is 0 Å². The first-order chi connectivity index (χ1) is 10.1. The van der Waals surface area contributed by atoms with E-state index in [2.05, 4.69) is 18.3 Å². The monoisotopic (exact) mass is 302 g/mol. The van der Waals surface area contributed by atoms with Gasteiger partial charge in [0.15, 0.2) is 0 Å². The average molecular weight is 302 g/mol. The van der Waals surface area contributed by atoms with Gasteiger partial charge in [-0.05, 0) is 31.4 Å². The lowest BCUT2D eigenvalue weighted by molar-refractivity contribution is 0.0938. The summed E-state index contributed by atoms with van der Waals surface area (Å²) < 4.78 is 1.10. The Labute approximate surface area is 129 Å². The second-order valence-corrected chi connectivity index (χ2v) is 7.06. The smallest absolute Gasteiger partial charge is 0.263 e. The van der Waals surface area contributed by atoms with Gasteiger partial charge in [0.25, 0.3) is 5.91 Å². The van der Waals surface area contributed by atoms with Crippen LogP contribution >= 0.6 is 11.3 Å². The lowest BCUT2D eigenvalue weighted by Crippen LogP contribution is -2.34. The molecule has 3 N–H and O–H groups in total. The van der Waals surface area contributed by atoms with Gasteiger partial charge in [0, 0.05) is 16.1 Å². The Bertz CT molecular complexity index is 654. The molecule has 1 aliphatic carbocycles. The van der Waals surface area contributed by atoms with E-state index in [-0.39, 0.29) is 5.91 Å². The van der Waals surface area contributed by atoms with Gasteiger partial charge in [0.1, 0.15) is 4.88 Å². The van der Waals surface area contributed by atoms with Crippen molar-refractivity contribution >= 4 is 33.0 Å². The molecule has 0 spiro atoms. The van der Waals surface area contributed by atoms with Crippen LogP contribution in [0.25, 0.3) is 10.1 Å². The van der Waals surface area contributed by atoms with E-state index in [9.17, 15) is 4.79 Å². The Morgan fingerprint density at radius 1 is 1.24 bits per heavy atom. The number of nitrogens with one attached hydrogen (secondary N) is 1. The lowest BCUT2D eigenvalue weighted by atomic mass is 10.1. The van der Waals surface area contributed by atoms with Crippen LogP contribution in [0.2, 0.25) is 0 Å². The van der Waals surface area contributed by atoms with Gasteiger partial charge < -0.3 is 11.1 Å². The second-order valence-electron chi connectivity index (χ2n) is 6.01. The maximum Gasteiger partial charge on any atom is 0.263 e. The first kappa shape index (κ1) is 14.4. The van der Waals surface area contributed by atoms with Crippen molar-refractivity contribution in [3.63, 3.8) is 0 Å². The first-order valence-corrected chi connectivity index (χ1v) is 8.56. The molecule has 1 saturated carbocycles. The molecule has 0 aliphatic heterocycles. The molecule has 1 fully saturated rings. The highest BCUT2D eigenvalue weighted by Gasteiger charge is 2.20. The minimum Gasteiger partial charge on any atom is -0.397 e. The quantitative estimate of drug-likeness (QED) is 0.815. The van der Waals surface area contributed by atoms with Gasteiger partial charge in [-0.15, -0.1) is 11.3 Å². The van der Waals surface area contributed by atoms with Crippen LogP contribution in [0.5, 0.6) is 0 Å². The molecule has 0 atom stereocenters. The Hall–Kier alpha value is -1.55. The van der Waals surface area contributed by atoms with E-state index in [1.54, 1.807) is 0 Å². The van der Waals surface area contributed by atoms with E-state index >= 15 is 0 Å². The number of anilines is 1. The van der Waals surface area contributed by atoms with E-state index in [1.165, 1.54) is 42.6 Å². The lowest BCUT2D eigenvalue weighted by Gasteiger charge is -2.15. The third kappa shape index (κ3) is 3.05. The van der Waals surface area contributed by atoms with E-state index in [4.69, 9.17) is 5.73 Å². The molecule has 0 bridgehead atoms. The average Bonchev–Trinajstić information content (AvgIpc) is 2.64. The molecule has 3 nitrogen and oxygen atoms in total. The van der Waals surface area contributed by atoms with Crippen LogP contribution in [-0.4, -0.2) is 11.9 Å². The zero-order valence-corrected chi connectivity index (χ0v) is 13.3. The van der Waals surface area contributed by atoms with Crippen LogP contribution in [0.15, 0.2) is 18.2 Å². The van der Waals surface area contributed by atoms with Crippen LogP contribution in [0, 0.1) is 6.92 Å². The highest BCUT2D eigenvalue weighted by atomic mass is 32.1. The van der Waals surface area contributed by atoms with Crippen LogP contribution in [-0.2, 0) is 0 Å². The molecule has 1 aliphatic rings. The molecule has 1 aromatic heterocycles. The van der Waals surface area contributed by atoms with E-state index in [0.717, 1.165) is 22.9 Å². The molecule has 112 valence electrons. The summed E-state index contributed by atoms with van der Waals surface area (Å²) in [6, 6.07) is 6.46. The minimum absolute atomic E-state index is 0.00162. The highest BCUT2D eigenvalue weighted by Crippen LogP contribution is 2.34. The fourth-order valence-corrected chi connectivity index (χ4v) is 4.19. The molecule has 1 heterocycles. The summed E-state index contributed by atoms with van der Waals surface area (Å²) in [5.41, 5.74) is 8.00. The Morgan fingerprint density at radius 3 is 2.67 bits per heavy atom. The summed E-state index contributed by atoms with van der Waals surface area (Å²) in [7, 11) is 0. The second kappa shape index (κ2) is 6.06. The number of benzene rings is 1. The molecule has 0 saturated heterocycles. The fraction of sp³-hybridized carbons (Fsp3) is 0.471. The van der Waals surface area contributed by atoms with Crippen molar-refractivity contribution in [2.24, 2.45) is 0 Å². The van der Waals surface area contributed by atoms with Crippen molar-refractivity contribution in [1.82, 2.24) is 5.32 Å². The number of thiophene rings is 1. The number of nitrogens with two attached hydrogens (primary N) is 1. The zero-order valence-electron chi connectivity index (χ0n) is 12.4. The first-order valence-electron chi connectivity index (χ1n) is 7.74. The summed E-state index contributed by atoms with van der Waals surface area (Å²) in [6.07, 6.45) is 7.19. The molecular formula is C17H22N2OS. The van der Waals surface area contributed by atoms with Crippen LogP contribution in [0.4, 0.5) is 5.69 Å². The predicted molar refractivity (Wildman–Crippen MR) is 89.9 cm³/mol. The SMILES string of the molecule is Cc1ccc2c(N)c(C(=O)NC3CCCCCC3)sc2c1. The third-order valence-corrected chi connectivity index (χ3v) is 5.45. The summed E-state index contributed by atoms with van der Waals surface area (Å²) in [4.78, 5) is 13.2. The van der Waals surface area contributed by atoms with E-state index in [0.29, 0.717) is 16.6 Å². The Kier molecular flexibility index (Phi) is 4.15. The summed E-state index contributed by atoms with van der Waals surface area (Å²) in [5.74, 6) is -0.00162. The number of hydrogen-bond donors (Lipinski definition) is 2. The summed E-state index contributed by atoms with van der Waals surface area (Å²) in [6.45, 7) is 2.06. The molecule has 2 aromatic rings.